The van der Waals surface area contributed by atoms with Crippen molar-refractivity contribution in [3.05, 3.63) is 23.8 Å². The van der Waals surface area contributed by atoms with E-state index in [-0.39, 0.29) is 5.56 Å². The standard InChI is InChI=1S/C8H8N4O2/c1-4-6(10-3-9-4)7-5(8(13)14)2-11-12-7/h2-3H,1H3,(H,9,10)(H,11,12)(H,13,14). The van der Waals surface area contributed by atoms with Gasteiger partial charge in [-0.1, -0.05) is 0 Å². The Balaban J connectivity index is 2.57. The van der Waals surface area contributed by atoms with Gasteiger partial charge in [0.05, 0.1) is 18.2 Å². The number of nitrogens with zero attached hydrogens (tertiary/aromatic N) is 2. The van der Waals surface area contributed by atoms with Gasteiger partial charge in [-0.25, -0.2) is 9.78 Å². The van der Waals surface area contributed by atoms with Gasteiger partial charge in [-0.15, -0.1) is 0 Å². The molecule has 0 saturated heterocycles. The maximum Gasteiger partial charge on any atom is 0.339 e. The Hall–Kier alpha value is -2.11. The molecule has 0 saturated carbocycles. The smallest absolute Gasteiger partial charge is 0.339 e. The van der Waals surface area contributed by atoms with E-state index in [0.29, 0.717) is 11.4 Å². The van der Waals surface area contributed by atoms with Crippen molar-refractivity contribution in [1.29, 1.82) is 0 Å². The Bertz CT molecular complexity index is 471. The average molecular weight is 192 g/mol. The Morgan fingerprint density at radius 2 is 2.36 bits per heavy atom. The van der Waals surface area contributed by atoms with E-state index in [1.807, 2.05) is 6.92 Å². The van der Waals surface area contributed by atoms with Crippen molar-refractivity contribution < 1.29 is 9.90 Å². The molecule has 2 aromatic heterocycles. The van der Waals surface area contributed by atoms with E-state index in [2.05, 4.69) is 20.2 Å². The quantitative estimate of drug-likeness (QED) is 0.656. The van der Waals surface area contributed by atoms with E-state index in [1.165, 1.54) is 12.5 Å². The minimum Gasteiger partial charge on any atom is -0.478 e. The summed E-state index contributed by atoms with van der Waals surface area (Å²) in [6.45, 7) is 1.81. The molecule has 0 unspecified atom stereocenters. The first-order chi connectivity index (χ1) is 6.70. The summed E-state index contributed by atoms with van der Waals surface area (Å²) in [5, 5.41) is 15.1. The van der Waals surface area contributed by atoms with E-state index in [1.54, 1.807) is 0 Å². The number of H-pyrrole nitrogens is 2. The molecule has 0 aromatic carbocycles. The van der Waals surface area contributed by atoms with Gasteiger partial charge in [0.25, 0.3) is 0 Å². The summed E-state index contributed by atoms with van der Waals surface area (Å²) in [5.41, 5.74) is 1.94. The molecular weight excluding hydrogens is 184 g/mol. The molecule has 0 bridgehead atoms. The van der Waals surface area contributed by atoms with E-state index in [9.17, 15) is 4.79 Å². The highest BCUT2D eigenvalue weighted by Gasteiger charge is 2.16. The number of rotatable bonds is 2. The highest BCUT2D eigenvalue weighted by molar-refractivity contribution is 5.94. The average Bonchev–Trinajstić information content (AvgIpc) is 2.70. The van der Waals surface area contributed by atoms with Crippen LogP contribution in [0, 0.1) is 6.92 Å². The highest BCUT2D eigenvalue weighted by Crippen LogP contribution is 2.20. The molecule has 0 radical (unpaired) electrons. The van der Waals surface area contributed by atoms with E-state index < -0.39 is 5.97 Å². The summed E-state index contributed by atoms with van der Waals surface area (Å²) in [7, 11) is 0. The van der Waals surface area contributed by atoms with Crippen LogP contribution in [0.4, 0.5) is 0 Å². The van der Waals surface area contributed by atoms with Gasteiger partial charge in [0.2, 0.25) is 0 Å². The number of aryl methyl sites for hydroxylation is 1. The Labute approximate surface area is 79.0 Å². The van der Waals surface area contributed by atoms with Crippen molar-refractivity contribution in [2.24, 2.45) is 0 Å². The SMILES string of the molecule is Cc1[nH]cnc1-c1[nH]ncc1C(=O)O. The zero-order chi connectivity index (χ0) is 10.1. The summed E-state index contributed by atoms with van der Waals surface area (Å²) in [4.78, 5) is 17.7. The third-order valence-corrected chi connectivity index (χ3v) is 1.94. The largest absolute Gasteiger partial charge is 0.478 e. The molecular formula is C8H8N4O2. The maximum atomic E-state index is 10.8. The summed E-state index contributed by atoms with van der Waals surface area (Å²) >= 11 is 0. The Morgan fingerprint density at radius 3 is 2.93 bits per heavy atom. The van der Waals surface area contributed by atoms with Crippen LogP contribution in [0.25, 0.3) is 11.4 Å². The fourth-order valence-corrected chi connectivity index (χ4v) is 1.24. The lowest BCUT2D eigenvalue weighted by molar-refractivity contribution is 0.0698. The number of hydrogen-bond acceptors (Lipinski definition) is 3. The second-order valence-electron chi connectivity index (χ2n) is 2.84. The van der Waals surface area contributed by atoms with Crippen molar-refractivity contribution in [1.82, 2.24) is 20.2 Å². The number of carbonyl (C=O) groups is 1. The predicted octanol–water partition coefficient (Wildman–Crippen LogP) is 0.806. The number of imidazole rings is 1. The van der Waals surface area contributed by atoms with Crippen molar-refractivity contribution in [2.75, 3.05) is 0 Å². The van der Waals surface area contributed by atoms with E-state index >= 15 is 0 Å². The molecule has 6 nitrogen and oxygen atoms in total. The number of nitrogens with one attached hydrogen (secondary N) is 2. The van der Waals surface area contributed by atoms with E-state index in [4.69, 9.17) is 5.11 Å². The third kappa shape index (κ3) is 1.17. The molecule has 2 rings (SSSR count). The fourth-order valence-electron chi connectivity index (χ4n) is 1.24. The van der Waals surface area contributed by atoms with Crippen molar-refractivity contribution in [3.8, 4) is 11.4 Å². The first-order valence-corrected chi connectivity index (χ1v) is 3.97. The van der Waals surface area contributed by atoms with E-state index in [0.717, 1.165) is 5.69 Å². The molecule has 0 atom stereocenters. The number of aromatic carboxylic acids is 1. The summed E-state index contributed by atoms with van der Waals surface area (Å²) in [5.74, 6) is -1.02. The minimum absolute atomic E-state index is 0.125. The van der Waals surface area contributed by atoms with Crippen LogP contribution < -0.4 is 0 Å². The number of carboxylic acid groups (broad SMARTS) is 1. The van der Waals surface area contributed by atoms with Gasteiger partial charge in [-0.2, -0.15) is 5.10 Å². The number of aromatic amines is 2. The molecule has 14 heavy (non-hydrogen) atoms. The normalized spacial score (nSPS) is 10.4. The van der Waals surface area contributed by atoms with Crippen LogP contribution in [0.5, 0.6) is 0 Å². The first-order valence-electron chi connectivity index (χ1n) is 3.97. The molecule has 0 spiro atoms. The molecule has 0 aliphatic carbocycles. The second kappa shape index (κ2) is 2.99. The Kier molecular flexibility index (Phi) is 1.81. The lowest BCUT2D eigenvalue weighted by Gasteiger charge is -1.95. The van der Waals surface area contributed by atoms with Crippen LogP contribution in [-0.2, 0) is 0 Å². The molecule has 6 heteroatoms. The van der Waals surface area contributed by atoms with Gasteiger partial charge >= 0.3 is 5.97 Å². The molecule has 0 fully saturated rings. The summed E-state index contributed by atoms with van der Waals surface area (Å²) < 4.78 is 0. The Morgan fingerprint density at radius 1 is 1.57 bits per heavy atom. The lowest BCUT2D eigenvalue weighted by Crippen LogP contribution is -1.97. The maximum absolute atomic E-state index is 10.8. The molecule has 0 aliphatic rings. The minimum atomic E-state index is -1.02. The van der Waals surface area contributed by atoms with Gasteiger partial charge in [-0.3, -0.25) is 5.10 Å². The molecule has 2 aromatic rings. The topological polar surface area (TPSA) is 94.7 Å². The summed E-state index contributed by atoms with van der Waals surface area (Å²) in [6, 6.07) is 0. The van der Waals surface area contributed by atoms with Gasteiger partial charge in [-0.05, 0) is 6.92 Å². The van der Waals surface area contributed by atoms with Crippen LogP contribution >= 0.6 is 0 Å². The zero-order valence-corrected chi connectivity index (χ0v) is 7.40. The molecule has 72 valence electrons. The predicted molar refractivity (Wildman–Crippen MR) is 47.9 cm³/mol. The second-order valence-corrected chi connectivity index (χ2v) is 2.84. The number of carboxylic acids is 1. The summed E-state index contributed by atoms with van der Waals surface area (Å²) in [6.07, 6.45) is 2.78. The van der Waals surface area contributed by atoms with Crippen LogP contribution in [0.15, 0.2) is 12.5 Å². The van der Waals surface area contributed by atoms with Crippen molar-refractivity contribution in [3.63, 3.8) is 0 Å². The van der Waals surface area contributed by atoms with Crippen molar-refractivity contribution in [2.45, 2.75) is 6.92 Å². The van der Waals surface area contributed by atoms with Gasteiger partial charge < -0.3 is 10.1 Å². The third-order valence-electron chi connectivity index (χ3n) is 1.94. The molecule has 0 aliphatic heterocycles. The molecule has 2 heterocycles. The molecule has 3 N–H and O–H groups in total. The van der Waals surface area contributed by atoms with Gasteiger partial charge in [0, 0.05) is 5.69 Å². The van der Waals surface area contributed by atoms with Gasteiger partial charge in [0.15, 0.2) is 0 Å². The number of aromatic nitrogens is 4. The highest BCUT2D eigenvalue weighted by atomic mass is 16.4. The number of hydrogen-bond donors (Lipinski definition) is 3. The van der Waals surface area contributed by atoms with Crippen LogP contribution in [0.3, 0.4) is 0 Å². The monoisotopic (exact) mass is 192 g/mol. The first kappa shape index (κ1) is 8.49. The zero-order valence-electron chi connectivity index (χ0n) is 7.40. The molecule has 0 amide bonds. The fraction of sp³-hybridized carbons (Fsp3) is 0.125. The van der Waals surface area contributed by atoms with Crippen LogP contribution in [0.1, 0.15) is 16.1 Å². The lowest BCUT2D eigenvalue weighted by atomic mass is 10.2. The van der Waals surface area contributed by atoms with Crippen LogP contribution in [0.2, 0.25) is 0 Å². The van der Waals surface area contributed by atoms with Crippen LogP contribution in [-0.4, -0.2) is 31.2 Å². The van der Waals surface area contributed by atoms with Crippen molar-refractivity contribution >= 4 is 5.97 Å². The van der Waals surface area contributed by atoms with Gasteiger partial charge in [0.1, 0.15) is 11.3 Å².